The average molecular weight is 281 g/mol. The number of rotatable bonds is 3. The van der Waals surface area contributed by atoms with E-state index in [2.05, 4.69) is 0 Å². The van der Waals surface area contributed by atoms with Crippen LogP contribution < -0.4 is 0 Å². The fourth-order valence-corrected chi connectivity index (χ4v) is 5.12. The standard InChI is InChI=1S/C14H19NO3S/c1-11-3-2-4-12(7-11)10-19(16,17)15-13-5-6-14(15)9-18-8-13/h2-4,7,13-14H,5-6,8-10H2,1H3. The van der Waals surface area contributed by atoms with Crippen molar-refractivity contribution in [1.82, 2.24) is 4.31 Å². The van der Waals surface area contributed by atoms with Gasteiger partial charge in [-0.2, -0.15) is 4.31 Å². The second-order valence-electron chi connectivity index (χ2n) is 5.50. The van der Waals surface area contributed by atoms with Crippen molar-refractivity contribution in [2.75, 3.05) is 13.2 Å². The van der Waals surface area contributed by atoms with Crippen LogP contribution in [0.3, 0.4) is 0 Å². The molecule has 0 radical (unpaired) electrons. The molecule has 2 saturated heterocycles. The molecular formula is C14H19NO3S. The monoisotopic (exact) mass is 281 g/mol. The van der Waals surface area contributed by atoms with Gasteiger partial charge in [0.05, 0.1) is 19.0 Å². The zero-order valence-electron chi connectivity index (χ0n) is 11.1. The van der Waals surface area contributed by atoms with Crippen molar-refractivity contribution < 1.29 is 13.2 Å². The Balaban J connectivity index is 1.83. The quantitative estimate of drug-likeness (QED) is 0.847. The number of fused-ring (bicyclic) bond motifs is 2. The minimum atomic E-state index is -3.24. The molecule has 0 saturated carbocycles. The molecule has 4 nitrogen and oxygen atoms in total. The number of ether oxygens (including phenoxy) is 1. The number of sulfonamides is 1. The third kappa shape index (κ3) is 2.55. The third-order valence-electron chi connectivity index (χ3n) is 3.93. The van der Waals surface area contributed by atoms with E-state index in [9.17, 15) is 8.42 Å². The van der Waals surface area contributed by atoms with Crippen molar-refractivity contribution in [2.24, 2.45) is 0 Å². The molecule has 3 rings (SSSR count). The summed E-state index contributed by atoms with van der Waals surface area (Å²) in [4.78, 5) is 0. The fraction of sp³-hybridized carbons (Fsp3) is 0.571. The Kier molecular flexibility index (Phi) is 3.37. The van der Waals surface area contributed by atoms with Gasteiger partial charge in [-0.1, -0.05) is 29.8 Å². The second kappa shape index (κ2) is 4.89. The molecule has 2 atom stereocenters. The smallest absolute Gasteiger partial charge is 0.218 e. The van der Waals surface area contributed by atoms with Crippen LogP contribution in [-0.4, -0.2) is 38.0 Å². The Morgan fingerprint density at radius 3 is 2.58 bits per heavy atom. The van der Waals surface area contributed by atoms with Crippen LogP contribution in [0.25, 0.3) is 0 Å². The molecule has 0 N–H and O–H groups in total. The van der Waals surface area contributed by atoms with Crippen LogP contribution in [0.4, 0.5) is 0 Å². The van der Waals surface area contributed by atoms with Crippen LogP contribution in [-0.2, 0) is 20.5 Å². The highest BCUT2D eigenvalue weighted by atomic mass is 32.2. The van der Waals surface area contributed by atoms with Gasteiger partial charge in [0, 0.05) is 12.1 Å². The highest BCUT2D eigenvalue weighted by Crippen LogP contribution is 2.32. The lowest BCUT2D eigenvalue weighted by Gasteiger charge is -2.33. The molecule has 2 fully saturated rings. The van der Waals surface area contributed by atoms with E-state index < -0.39 is 10.0 Å². The van der Waals surface area contributed by atoms with Crippen LogP contribution in [0, 0.1) is 6.92 Å². The molecule has 2 bridgehead atoms. The largest absolute Gasteiger partial charge is 0.378 e. The molecule has 2 aliphatic rings. The van der Waals surface area contributed by atoms with E-state index in [0.717, 1.165) is 24.0 Å². The summed E-state index contributed by atoms with van der Waals surface area (Å²) in [6.45, 7) is 3.07. The highest BCUT2D eigenvalue weighted by molar-refractivity contribution is 7.88. The van der Waals surface area contributed by atoms with Gasteiger partial charge in [0.1, 0.15) is 0 Å². The predicted octanol–water partition coefficient (Wildman–Crippen LogP) is 1.69. The van der Waals surface area contributed by atoms with Crippen molar-refractivity contribution in [3.8, 4) is 0 Å². The second-order valence-corrected chi connectivity index (χ2v) is 7.37. The predicted molar refractivity (Wildman–Crippen MR) is 73.3 cm³/mol. The minimum absolute atomic E-state index is 0.0496. The van der Waals surface area contributed by atoms with E-state index >= 15 is 0 Å². The summed E-state index contributed by atoms with van der Waals surface area (Å²) < 4.78 is 32.3. The van der Waals surface area contributed by atoms with Gasteiger partial charge in [0.15, 0.2) is 0 Å². The van der Waals surface area contributed by atoms with E-state index in [1.807, 2.05) is 31.2 Å². The summed E-state index contributed by atoms with van der Waals surface area (Å²) >= 11 is 0. The maximum Gasteiger partial charge on any atom is 0.218 e. The van der Waals surface area contributed by atoms with Gasteiger partial charge in [-0.25, -0.2) is 8.42 Å². The topological polar surface area (TPSA) is 46.6 Å². The van der Waals surface area contributed by atoms with Crippen LogP contribution in [0.5, 0.6) is 0 Å². The van der Waals surface area contributed by atoms with Crippen molar-refractivity contribution in [3.05, 3.63) is 35.4 Å². The lowest BCUT2D eigenvalue weighted by molar-refractivity contribution is 0.0268. The first-order valence-corrected chi connectivity index (χ1v) is 8.32. The lowest BCUT2D eigenvalue weighted by atomic mass is 10.2. The molecule has 5 heteroatoms. The SMILES string of the molecule is Cc1cccc(CS(=O)(=O)N2C3CCC2COC3)c1. The van der Waals surface area contributed by atoms with E-state index in [1.54, 1.807) is 4.31 Å². The van der Waals surface area contributed by atoms with Crippen molar-refractivity contribution in [2.45, 2.75) is 37.6 Å². The minimum Gasteiger partial charge on any atom is -0.378 e. The van der Waals surface area contributed by atoms with E-state index in [4.69, 9.17) is 4.74 Å². The molecule has 0 amide bonds. The first kappa shape index (κ1) is 13.1. The van der Waals surface area contributed by atoms with E-state index in [-0.39, 0.29) is 17.8 Å². The molecule has 2 heterocycles. The van der Waals surface area contributed by atoms with Gasteiger partial charge in [-0.3, -0.25) is 0 Å². The number of hydrogen-bond acceptors (Lipinski definition) is 3. The van der Waals surface area contributed by atoms with Gasteiger partial charge < -0.3 is 4.74 Å². The summed E-state index contributed by atoms with van der Waals surface area (Å²) in [6.07, 6.45) is 1.86. The first-order chi connectivity index (χ1) is 9.06. The average Bonchev–Trinajstić information content (AvgIpc) is 2.61. The summed E-state index contributed by atoms with van der Waals surface area (Å²) in [7, 11) is -3.24. The lowest BCUT2D eigenvalue weighted by Crippen LogP contribution is -2.49. The van der Waals surface area contributed by atoms with E-state index in [1.165, 1.54) is 0 Å². The molecule has 0 spiro atoms. The molecule has 2 aliphatic heterocycles. The fourth-order valence-electron chi connectivity index (χ4n) is 3.13. The summed E-state index contributed by atoms with van der Waals surface area (Å²) in [5, 5.41) is 0. The zero-order valence-corrected chi connectivity index (χ0v) is 11.9. The maximum atomic E-state index is 12.6. The van der Waals surface area contributed by atoms with Gasteiger partial charge >= 0.3 is 0 Å². The van der Waals surface area contributed by atoms with Crippen LogP contribution >= 0.6 is 0 Å². The number of hydrogen-bond donors (Lipinski definition) is 0. The summed E-state index contributed by atoms with van der Waals surface area (Å²) in [5.41, 5.74) is 1.96. The van der Waals surface area contributed by atoms with Gasteiger partial charge in [0.25, 0.3) is 0 Å². The number of morpholine rings is 1. The highest BCUT2D eigenvalue weighted by Gasteiger charge is 2.44. The van der Waals surface area contributed by atoms with Crippen molar-refractivity contribution in [3.63, 3.8) is 0 Å². The molecule has 2 unspecified atom stereocenters. The van der Waals surface area contributed by atoms with Gasteiger partial charge in [-0.15, -0.1) is 0 Å². The third-order valence-corrected chi connectivity index (χ3v) is 5.86. The van der Waals surface area contributed by atoms with E-state index in [0.29, 0.717) is 13.2 Å². The number of aryl methyl sites for hydroxylation is 1. The molecule has 104 valence electrons. The molecule has 0 aliphatic carbocycles. The van der Waals surface area contributed by atoms with Crippen LogP contribution in [0.2, 0.25) is 0 Å². The molecular weight excluding hydrogens is 262 g/mol. The van der Waals surface area contributed by atoms with Crippen LogP contribution in [0.1, 0.15) is 24.0 Å². The normalized spacial score (nSPS) is 27.6. The zero-order chi connectivity index (χ0) is 13.5. The Bertz CT molecular complexity index is 554. The maximum absolute atomic E-state index is 12.6. The van der Waals surface area contributed by atoms with Gasteiger partial charge in [-0.05, 0) is 25.3 Å². The van der Waals surface area contributed by atoms with Crippen LogP contribution in [0.15, 0.2) is 24.3 Å². The Hall–Kier alpha value is -0.910. The Morgan fingerprint density at radius 1 is 1.26 bits per heavy atom. The molecule has 1 aromatic carbocycles. The molecule has 19 heavy (non-hydrogen) atoms. The van der Waals surface area contributed by atoms with Gasteiger partial charge in [0.2, 0.25) is 10.0 Å². The molecule has 1 aromatic rings. The summed E-state index contributed by atoms with van der Waals surface area (Å²) in [6, 6.07) is 7.82. The molecule has 0 aromatic heterocycles. The summed E-state index contributed by atoms with van der Waals surface area (Å²) in [5.74, 6) is 0.0989. The Morgan fingerprint density at radius 2 is 1.95 bits per heavy atom. The van der Waals surface area contributed by atoms with Crippen molar-refractivity contribution >= 4 is 10.0 Å². The number of nitrogens with zero attached hydrogens (tertiary/aromatic N) is 1. The Labute approximate surface area is 114 Å². The van der Waals surface area contributed by atoms with Crippen molar-refractivity contribution in [1.29, 1.82) is 0 Å². The number of benzene rings is 1. The first-order valence-electron chi connectivity index (χ1n) is 6.71.